The van der Waals surface area contributed by atoms with Crippen molar-refractivity contribution in [2.45, 2.75) is 39.5 Å². The summed E-state index contributed by atoms with van der Waals surface area (Å²) in [5.41, 5.74) is 4.95. The third-order valence-electron chi connectivity index (χ3n) is 6.64. The van der Waals surface area contributed by atoms with Crippen molar-refractivity contribution in [2.75, 3.05) is 10.7 Å². The Labute approximate surface area is 255 Å². The zero-order chi connectivity index (χ0) is 31.4. The number of urea groups is 1. The molecule has 0 spiro atoms. The summed E-state index contributed by atoms with van der Waals surface area (Å²) in [5, 5.41) is 4.71. The number of hydrogen-bond donors (Lipinski definition) is 0. The van der Waals surface area contributed by atoms with Crippen LogP contribution in [0.25, 0.3) is 17.1 Å². The number of aromatic nitrogens is 3. The number of hydrogen-bond acceptors (Lipinski definition) is 6. The molecule has 44 heavy (non-hydrogen) atoms. The van der Waals surface area contributed by atoms with E-state index in [1.54, 1.807) is 0 Å². The molecule has 1 saturated heterocycles. The molecule has 0 unspecified atom stereocenters. The second kappa shape index (κ2) is 12.8. The van der Waals surface area contributed by atoms with Crippen LogP contribution in [0.1, 0.15) is 36.5 Å². The van der Waals surface area contributed by atoms with Crippen LogP contribution in [0.15, 0.2) is 83.0 Å². The smallest absolute Gasteiger partial charge is 0.406 e. The highest BCUT2D eigenvalue weighted by atomic mass is 32.2. The number of halogens is 3. The molecule has 3 aromatic carbocycles. The van der Waals surface area contributed by atoms with Crippen molar-refractivity contribution in [3.63, 3.8) is 0 Å². The molecule has 1 fully saturated rings. The van der Waals surface area contributed by atoms with Gasteiger partial charge in [0, 0.05) is 18.2 Å². The summed E-state index contributed by atoms with van der Waals surface area (Å²) >= 11 is 1.21. The van der Waals surface area contributed by atoms with Crippen LogP contribution in [0.2, 0.25) is 0 Å². The third kappa shape index (κ3) is 7.22. The maximum Gasteiger partial charge on any atom is 0.573 e. The molecular weight excluding hydrogens is 593 g/mol. The largest absolute Gasteiger partial charge is 0.573 e. The Morgan fingerprint density at radius 2 is 1.82 bits per heavy atom. The van der Waals surface area contributed by atoms with Gasteiger partial charge in [-0.15, -0.1) is 18.3 Å². The van der Waals surface area contributed by atoms with E-state index in [1.165, 1.54) is 58.2 Å². The van der Waals surface area contributed by atoms with Gasteiger partial charge < -0.3 is 4.74 Å². The fraction of sp³-hybridized carbons (Fsp3) is 0.226. The van der Waals surface area contributed by atoms with Crippen LogP contribution in [0.5, 0.6) is 5.75 Å². The van der Waals surface area contributed by atoms with Crippen molar-refractivity contribution in [1.29, 1.82) is 0 Å². The first-order valence-corrected chi connectivity index (χ1v) is 14.5. The van der Waals surface area contributed by atoms with Crippen LogP contribution >= 0.6 is 11.8 Å². The second-order valence-corrected chi connectivity index (χ2v) is 11.1. The van der Waals surface area contributed by atoms with Crippen molar-refractivity contribution in [3.8, 4) is 22.8 Å². The Morgan fingerprint density at radius 3 is 2.50 bits per heavy atom. The predicted octanol–water partition coefficient (Wildman–Crippen LogP) is 7.13. The lowest BCUT2D eigenvalue weighted by Crippen LogP contribution is -2.31. The van der Waals surface area contributed by atoms with Gasteiger partial charge in [0.1, 0.15) is 12.1 Å². The van der Waals surface area contributed by atoms with E-state index in [0.717, 1.165) is 27.9 Å². The highest BCUT2D eigenvalue weighted by molar-refractivity contribution is 8.15. The van der Waals surface area contributed by atoms with Gasteiger partial charge in [0.05, 0.1) is 17.1 Å². The molecule has 1 aliphatic heterocycles. The van der Waals surface area contributed by atoms with Gasteiger partial charge in [-0.3, -0.25) is 9.69 Å². The van der Waals surface area contributed by atoms with E-state index in [-0.39, 0.29) is 23.3 Å². The number of aliphatic imine (C=N–C) groups is 2. The van der Waals surface area contributed by atoms with E-state index in [1.807, 2.05) is 49.4 Å². The van der Waals surface area contributed by atoms with Gasteiger partial charge >= 0.3 is 12.4 Å². The van der Waals surface area contributed by atoms with Crippen molar-refractivity contribution < 1.29 is 27.5 Å². The Morgan fingerprint density at radius 1 is 1.09 bits per heavy atom. The van der Waals surface area contributed by atoms with Crippen molar-refractivity contribution in [1.82, 2.24) is 14.8 Å². The first-order valence-electron chi connectivity index (χ1n) is 13.6. The van der Waals surface area contributed by atoms with Gasteiger partial charge in [-0.2, -0.15) is 4.99 Å². The number of carbonyl (C=O) groups excluding carboxylic acids is 2. The molecular formula is C31H27F3N6O3S. The van der Waals surface area contributed by atoms with Crippen LogP contribution < -0.4 is 9.64 Å². The van der Waals surface area contributed by atoms with E-state index in [9.17, 15) is 22.8 Å². The summed E-state index contributed by atoms with van der Waals surface area (Å²) in [6.45, 7) is 6.12. The molecule has 0 N–H and O–H groups in total. The lowest BCUT2D eigenvalue weighted by molar-refractivity contribution is -0.274. The Kier molecular flexibility index (Phi) is 8.95. The molecule has 0 atom stereocenters. The molecule has 9 nitrogen and oxygen atoms in total. The summed E-state index contributed by atoms with van der Waals surface area (Å²) in [5.74, 6) is 0.344. The summed E-state index contributed by atoms with van der Waals surface area (Å²) < 4.78 is 42.5. The fourth-order valence-corrected chi connectivity index (χ4v) is 5.60. The van der Waals surface area contributed by atoms with Crippen molar-refractivity contribution in [3.05, 3.63) is 89.7 Å². The molecule has 1 aliphatic rings. The minimum absolute atomic E-state index is 0.133. The summed E-state index contributed by atoms with van der Waals surface area (Å²) in [6, 6.07) is 17.7. The topological polar surface area (TPSA) is 102 Å². The predicted molar refractivity (Wildman–Crippen MR) is 164 cm³/mol. The van der Waals surface area contributed by atoms with E-state index >= 15 is 0 Å². The maximum absolute atomic E-state index is 12.7. The zero-order valence-corrected chi connectivity index (χ0v) is 24.8. The second-order valence-electron chi connectivity index (χ2n) is 10.1. The average molecular weight is 621 g/mol. The molecule has 0 saturated carbocycles. The Bertz CT molecular complexity index is 1730. The van der Waals surface area contributed by atoms with Gasteiger partial charge in [-0.1, -0.05) is 62.0 Å². The molecule has 3 amide bonds. The number of thioether (sulfide) groups is 1. The van der Waals surface area contributed by atoms with E-state index < -0.39 is 12.4 Å². The van der Waals surface area contributed by atoms with Gasteiger partial charge in [0.15, 0.2) is 11.0 Å². The number of carbonyl (C=O) groups is 2. The highest BCUT2D eigenvalue weighted by Gasteiger charge is 2.33. The molecule has 1 aromatic heterocycles. The molecule has 0 radical (unpaired) electrons. The number of anilines is 1. The van der Waals surface area contributed by atoms with Crippen LogP contribution in [-0.2, 0) is 11.2 Å². The van der Waals surface area contributed by atoms with Crippen LogP contribution in [0.3, 0.4) is 0 Å². The van der Waals surface area contributed by atoms with E-state index in [0.29, 0.717) is 23.1 Å². The number of ether oxygens (including phenoxy) is 1. The fourth-order valence-electron chi connectivity index (χ4n) is 4.74. The summed E-state index contributed by atoms with van der Waals surface area (Å²) in [4.78, 5) is 39.2. The van der Waals surface area contributed by atoms with Crippen LogP contribution in [0.4, 0.5) is 23.7 Å². The Balaban J connectivity index is 1.21. The Hall–Kier alpha value is -4.78. The SMILES string of the molecule is Cc1cccc(N2C(=O)CSC2=NC(=O)N=CCc2ccc(-c3ncn(-c4ccc(OC(F)(F)F)cc4)n3)cc2)c1C(C)C. The van der Waals surface area contributed by atoms with Crippen LogP contribution in [-0.4, -0.2) is 50.2 Å². The lowest BCUT2D eigenvalue weighted by atomic mass is 9.95. The lowest BCUT2D eigenvalue weighted by Gasteiger charge is -2.23. The molecule has 4 aromatic rings. The van der Waals surface area contributed by atoms with E-state index in [4.69, 9.17) is 0 Å². The van der Waals surface area contributed by atoms with Gasteiger partial charge in [0.25, 0.3) is 0 Å². The molecule has 226 valence electrons. The number of amidine groups is 1. The standard InChI is InChI=1S/C31H27F3N6O3S/c1-19(2)27-20(3)5-4-6-25(27)40-26(41)17-44-30(40)37-29(42)35-16-15-21-7-9-22(10-8-21)28-36-18-39(38-28)23-11-13-24(14-12-23)43-31(32,33)34/h4-14,16,18-19H,15,17H2,1-3H3. The monoisotopic (exact) mass is 620 g/mol. The first kappa shape index (κ1) is 30.7. The molecule has 13 heteroatoms. The number of benzene rings is 3. The highest BCUT2D eigenvalue weighted by Crippen LogP contribution is 2.35. The van der Waals surface area contributed by atoms with Crippen LogP contribution in [0, 0.1) is 6.92 Å². The van der Waals surface area contributed by atoms with Gasteiger partial charge in [-0.05, 0) is 59.9 Å². The minimum atomic E-state index is -4.76. The maximum atomic E-state index is 12.7. The number of rotatable bonds is 7. The number of alkyl halides is 3. The van der Waals surface area contributed by atoms with Crippen molar-refractivity contribution >= 4 is 40.8 Å². The first-order chi connectivity index (χ1) is 21.0. The molecule has 5 rings (SSSR count). The van der Waals surface area contributed by atoms with Crippen molar-refractivity contribution in [2.24, 2.45) is 9.98 Å². The summed E-state index contributed by atoms with van der Waals surface area (Å²) in [6.07, 6.45) is -1.46. The normalized spacial score (nSPS) is 14.8. The van der Waals surface area contributed by atoms with Gasteiger partial charge in [-0.25, -0.2) is 19.5 Å². The zero-order valence-electron chi connectivity index (χ0n) is 23.9. The summed E-state index contributed by atoms with van der Waals surface area (Å²) in [7, 11) is 0. The quantitative estimate of drug-likeness (QED) is 0.204. The number of aryl methyl sites for hydroxylation is 1. The number of amides is 3. The molecule has 2 heterocycles. The van der Waals surface area contributed by atoms with Gasteiger partial charge in [0.2, 0.25) is 5.91 Å². The minimum Gasteiger partial charge on any atom is -0.406 e. The third-order valence-corrected chi connectivity index (χ3v) is 7.57. The average Bonchev–Trinajstić information content (AvgIpc) is 3.60. The number of nitrogens with zero attached hydrogens (tertiary/aromatic N) is 6. The molecule has 0 aliphatic carbocycles. The van der Waals surface area contributed by atoms with E-state index in [2.05, 4.69) is 38.7 Å². The molecule has 0 bridgehead atoms.